The SMILES string of the molecule is CN(CCCCN=C(N)N1CCN(c2nccs2)CC1)c1ccccc1.I. The topological polar surface area (TPSA) is 61.0 Å². The van der Waals surface area contributed by atoms with Crippen LogP contribution in [0.2, 0.25) is 0 Å². The molecule has 0 unspecified atom stereocenters. The van der Waals surface area contributed by atoms with Crippen LogP contribution in [0.3, 0.4) is 0 Å². The highest BCUT2D eigenvalue weighted by atomic mass is 127. The molecule has 1 aromatic heterocycles. The summed E-state index contributed by atoms with van der Waals surface area (Å²) in [5, 5.41) is 3.12. The molecule has 2 N–H and O–H groups in total. The Bertz CT molecular complexity index is 671. The van der Waals surface area contributed by atoms with Crippen molar-refractivity contribution in [2.24, 2.45) is 10.7 Å². The van der Waals surface area contributed by atoms with Gasteiger partial charge in [0.15, 0.2) is 11.1 Å². The van der Waals surface area contributed by atoms with Gasteiger partial charge in [-0.2, -0.15) is 0 Å². The van der Waals surface area contributed by atoms with Crippen LogP contribution in [-0.2, 0) is 0 Å². The van der Waals surface area contributed by atoms with Gasteiger partial charge in [0.05, 0.1) is 0 Å². The zero-order valence-electron chi connectivity index (χ0n) is 15.8. The normalized spacial score (nSPS) is 14.8. The van der Waals surface area contributed by atoms with Crippen molar-refractivity contribution in [2.75, 3.05) is 56.1 Å². The third-order valence-electron chi connectivity index (χ3n) is 4.67. The maximum absolute atomic E-state index is 6.18. The van der Waals surface area contributed by atoms with E-state index in [-0.39, 0.29) is 24.0 Å². The van der Waals surface area contributed by atoms with E-state index in [1.165, 1.54) is 5.69 Å². The summed E-state index contributed by atoms with van der Waals surface area (Å²) in [5.41, 5.74) is 7.44. The number of nitrogens with two attached hydrogens (primary N) is 1. The second-order valence-corrected chi connectivity index (χ2v) is 7.37. The van der Waals surface area contributed by atoms with Gasteiger partial charge in [0.2, 0.25) is 0 Å². The Kier molecular flexibility index (Phi) is 9.12. The fourth-order valence-corrected chi connectivity index (χ4v) is 3.76. The number of rotatable bonds is 7. The summed E-state index contributed by atoms with van der Waals surface area (Å²) in [4.78, 5) is 15.7. The Labute approximate surface area is 183 Å². The van der Waals surface area contributed by atoms with Crippen LogP contribution in [0.15, 0.2) is 46.9 Å². The summed E-state index contributed by atoms with van der Waals surface area (Å²) in [6, 6.07) is 10.5. The maximum atomic E-state index is 6.18. The molecule has 6 nitrogen and oxygen atoms in total. The first-order valence-electron chi connectivity index (χ1n) is 9.19. The lowest BCUT2D eigenvalue weighted by Crippen LogP contribution is -2.51. The lowest BCUT2D eigenvalue weighted by Gasteiger charge is -2.35. The van der Waals surface area contributed by atoms with Crippen LogP contribution in [0.5, 0.6) is 0 Å². The van der Waals surface area contributed by atoms with Gasteiger partial charge in [-0.3, -0.25) is 4.99 Å². The minimum Gasteiger partial charge on any atom is -0.375 e. The molecule has 1 saturated heterocycles. The molecular formula is C19H29IN6S. The van der Waals surface area contributed by atoms with Crippen LogP contribution in [0.4, 0.5) is 10.8 Å². The first-order chi connectivity index (χ1) is 12.7. The van der Waals surface area contributed by atoms with Gasteiger partial charge in [-0.05, 0) is 25.0 Å². The Hall–Kier alpha value is -1.55. The molecule has 0 bridgehead atoms. The number of guanidine groups is 1. The molecule has 2 heterocycles. The lowest BCUT2D eigenvalue weighted by atomic mass is 10.2. The van der Waals surface area contributed by atoms with Crippen molar-refractivity contribution < 1.29 is 0 Å². The number of anilines is 2. The second-order valence-electron chi connectivity index (χ2n) is 6.49. The summed E-state index contributed by atoms with van der Waals surface area (Å²) in [6.45, 7) is 5.54. The molecular weight excluding hydrogens is 471 g/mol. The van der Waals surface area contributed by atoms with Crippen molar-refractivity contribution in [1.82, 2.24) is 9.88 Å². The number of nitrogens with zero attached hydrogens (tertiary/aromatic N) is 5. The molecule has 0 radical (unpaired) electrons. The molecule has 0 saturated carbocycles. The number of halogens is 1. The van der Waals surface area contributed by atoms with Gasteiger partial charge in [-0.1, -0.05) is 18.2 Å². The maximum Gasteiger partial charge on any atom is 0.191 e. The molecule has 27 heavy (non-hydrogen) atoms. The van der Waals surface area contributed by atoms with E-state index in [1.807, 2.05) is 17.6 Å². The molecule has 1 aliphatic rings. The van der Waals surface area contributed by atoms with Gasteiger partial charge in [0, 0.05) is 63.6 Å². The second kappa shape index (κ2) is 11.3. The molecule has 2 aromatic rings. The molecule has 8 heteroatoms. The van der Waals surface area contributed by atoms with Crippen LogP contribution in [0.1, 0.15) is 12.8 Å². The van der Waals surface area contributed by atoms with Crippen LogP contribution in [-0.4, -0.2) is 62.2 Å². The summed E-state index contributed by atoms with van der Waals surface area (Å²) in [6.07, 6.45) is 4.02. The number of hydrogen-bond acceptors (Lipinski definition) is 5. The number of aliphatic imine (C=N–C) groups is 1. The average Bonchev–Trinajstić information content (AvgIpc) is 3.23. The molecule has 0 atom stereocenters. The Morgan fingerprint density at radius 3 is 2.59 bits per heavy atom. The van der Waals surface area contributed by atoms with E-state index in [0.29, 0.717) is 5.96 Å². The third-order valence-corrected chi connectivity index (χ3v) is 5.50. The van der Waals surface area contributed by atoms with E-state index in [2.05, 4.69) is 56.0 Å². The predicted octanol–water partition coefficient (Wildman–Crippen LogP) is 3.11. The van der Waals surface area contributed by atoms with Crippen LogP contribution >= 0.6 is 35.3 Å². The van der Waals surface area contributed by atoms with Gasteiger partial charge in [0.25, 0.3) is 0 Å². The summed E-state index contributed by atoms with van der Waals surface area (Å²) in [5.74, 6) is 0.681. The fraction of sp³-hybridized carbons (Fsp3) is 0.474. The molecule has 1 fully saturated rings. The molecule has 0 amide bonds. The number of unbranched alkanes of at least 4 members (excludes halogenated alkanes) is 1. The first kappa shape index (κ1) is 21.7. The lowest BCUT2D eigenvalue weighted by molar-refractivity contribution is 0.380. The number of hydrogen-bond donors (Lipinski definition) is 1. The van der Waals surface area contributed by atoms with E-state index in [4.69, 9.17) is 5.73 Å². The Morgan fingerprint density at radius 1 is 1.19 bits per heavy atom. The Morgan fingerprint density at radius 2 is 1.93 bits per heavy atom. The van der Waals surface area contributed by atoms with Crippen molar-refractivity contribution in [1.29, 1.82) is 0 Å². The highest BCUT2D eigenvalue weighted by molar-refractivity contribution is 14.0. The van der Waals surface area contributed by atoms with E-state index in [0.717, 1.165) is 57.2 Å². The number of para-hydroxylation sites is 1. The average molecular weight is 500 g/mol. The molecule has 1 aliphatic heterocycles. The van der Waals surface area contributed by atoms with Crippen molar-refractivity contribution >= 4 is 52.1 Å². The van der Waals surface area contributed by atoms with Crippen molar-refractivity contribution in [2.45, 2.75) is 12.8 Å². The monoisotopic (exact) mass is 500 g/mol. The molecule has 1 aromatic carbocycles. The van der Waals surface area contributed by atoms with E-state index in [9.17, 15) is 0 Å². The minimum atomic E-state index is 0. The highest BCUT2D eigenvalue weighted by Crippen LogP contribution is 2.18. The number of thiazole rings is 1. The quantitative estimate of drug-likeness (QED) is 0.274. The zero-order chi connectivity index (χ0) is 18.2. The smallest absolute Gasteiger partial charge is 0.191 e. The standard InChI is InChI=1S/C19H28N6S.HI/c1-23(17-7-3-2-4-8-17)11-6-5-9-21-18(20)24-12-14-25(15-13-24)19-22-10-16-26-19;/h2-4,7-8,10,16H,5-6,9,11-15H2,1H3,(H2,20,21);1H. The fourth-order valence-electron chi connectivity index (χ4n) is 3.06. The van der Waals surface area contributed by atoms with Gasteiger partial charge in [-0.25, -0.2) is 4.98 Å². The van der Waals surface area contributed by atoms with Crippen LogP contribution < -0.4 is 15.5 Å². The summed E-state index contributed by atoms with van der Waals surface area (Å²) < 4.78 is 0. The van der Waals surface area contributed by atoms with Gasteiger partial charge >= 0.3 is 0 Å². The highest BCUT2D eigenvalue weighted by Gasteiger charge is 2.19. The minimum absolute atomic E-state index is 0. The van der Waals surface area contributed by atoms with Crippen molar-refractivity contribution in [3.05, 3.63) is 41.9 Å². The molecule has 0 aliphatic carbocycles. The summed E-state index contributed by atoms with van der Waals surface area (Å²) >= 11 is 1.69. The third kappa shape index (κ3) is 6.53. The van der Waals surface area contributed by atoms with E-state index < -0.39 is 0 Å². The molecule has 148 valence electrons. The molecule has 0 spiro atoms. The van der Waals surface area contributed by atoms with Gasteiger partial charge in [0.1, 0.15) is 0 Å². The molecule has 3 rings (SSSR count). The van der Waals surface area contributed by atoms with Gasteiger partial charge < -0.3 is 20.4 Å². The van der Waals surface area contributed by atoms with E-state index >= 15 is 0 Å². The van der Waals surface area contributed by atoms with Crippen LogP contribution in [0.25, 0.3) is 0 Å². The van der Waals surface area contributed by atoms with Crippen molar-refractivity contribution in [3.8, 4) is 0 Å². The van der Waals surface area contributed by atoms with Crippen molar-refractivity contribution in [3.63, 3.8) is 0 Å². The predicted molar refractivity (Wildman–Crippen MR) is 127 cm³/mol. The van der Waals surface area contributed by atoms with Crippen LogP contribution in [0, 0.1) is 0 Å². The number of benzene rings is 1. The summed E-state index contributed by atoms with van der Waals surface area (Å²) in [7, 11) is 2.13. The van der Waals surface area contributed by atoms with E-state index in [1.54, 1.807) is 11.3 Å². The largest absolute Gasteiger partial charge is 0.375 e. The van der Waals surface area contributed by atoms with Gasteiger partial charge in [-0.15, -0.1) is 35.3 Å². The zero-order valence-corrected chi connectivity index (χ0v) is 19.0. The number of aromatic nitrogens is 1. The first-order valence-corrected chi connectivity index (χ1v) is 10.1. The Balaban J connectivity index is 0.00000261. The number of piperazine rings is 1.